The van der Waals surface area contributed by atoms with Crippen LogP contribution in [0.1, 0.15) is 31.7 Å². The van der Waals surface area contributed by atoms with Crippen molar-refractivity contribution in [3.63, 3.8) is 0 Å². The number of benzene rings is 1. The Morgan fingerprint density at radius 2 is 2.10 bits per heavy atom. The zero-order valence-electron chi connectivity index (χ0n) is 11.9. The maximum Gasteiger partial charge on any atom is 0.228 e. The normalized spacial score (nSPS) is 25.6. The molecular weight excluding hydrogens is 252 g/mol. The fourth-order valence-corrected chi connectivity index (χ4v) is 2.90. The molecule has 2 N–H and O–H groups in total. The molecule has 3 rings (SSSR count). The number of nitrogen functional groups attached to an aromatic ring is 1. The van der Waals surface area contributed by atoms with Crippen LogP contribution in [0.5, 0.6) is 0 Å². The van der Waals surface area contributed by atoms with Crippen molar-refractivity contribution in [2.24, 2.45) is 5.92 Å². The number of ether oxygens (including phenoxy) is 1. The Bertz CT molecular complexity index is 499. The first kappa shape index (κ1) is 13.4. The Morgan fingerprint density at radius 3 is 2.70 bits per heavy atom. The van der Waals surface area contributed by atoms with E-state index < -0.39 is 0 Å². The van der Waals surface area contributed by atoms with Crippen LogP contribution in [-0.2, 0) is 16.1 Å². The lowest BCUT2D eigenvalue weighted by molar-refractivity contribution is -0.138. The molecule has 1 aliphatic carbocycles. The first-order valence-corrected chi connectivity index (χ1v) is 7.42. The van der Waals surface area contributed by atoms with Gasteiger partial charge in [-0.25, -0.2) is 0 Å². The van der Waals surface area contributed by atoms with Crippen molar-refractivity contribution in [2.75, 3.05) is 12.3 Å². The molecule has 1 amide bonds. The average Bonchev–Trinajstić information content (AvgIpc) is 3.19. The SMILES string of the molecule is CC1OCCC1C(=O)N(Cc1ccccc1N)C1CC1. The summed E-state index contributed by atoms with van der Waals surface area (Å²) in [7, 11) is 0. The van der Waals surface area contributed by atoms with Crippen LogP contribution >= 0.6 is 0 Å². The van der Waals surface area contributed by atoms with E-state index in [4.69, 9.17) is 10.5 Å². The van der Waals surface area contributed by atoms with Crippen molar-refractivity contribution < 1.29 is 9.53 Å². The standard InChI is InChI=1S/C16H22N2O2/c1-11-14(8-9-20-11)16(19)18(13-6-7-13)10-12-4-2-3-5-15(12)17/h2-5,11,13-14H,6-10,17H2,1H3. The predicted octanol–water partition coefficient (Wildman–Crippen LogP) is 2.18. The molecule has 4 heteroatoms. The summed E-state index contributed by atoms with van der Waals surface area (Å²) in [6.07, 6.45) is 3.10. The second-order valence-electron chi connectivity index (χ2n) is 5.87. The van der Waals surface area contributed by atoms with Crippen LogP contribution in [0.4, 0.5) is 5.69 Å². The number of rotatable bonds is 4. The maximum atomic E-state index is 12.8. The molecule has 1 aliphatic heterocycles. The van der Waals surface area contributed by atoms with Gasteiger partial charge in [0.25, 0.3) is 0 Å². The molecular formula is C16H22N2O2. The van der Waals surface area contributed by atoms with Crippen molar-refractivity contribution in [3.05, 3.63) is 29.8 Å². The largest absolute Gasteiger partial charge is 0.398 e. The van der Waals surface area contributed by atoms with E-state index in [9.17, 15) is 4.79 Å². The second kappa shape index (κ2) is 5.44. The van der Waals surface area contributed by atoms with E-state index in [-0.39, 0.29) is 17.9 Å². The third-order valence-corrected chi connectivity index (χ3v) is 4.36. The van der Waals surface area contributed by atoms with Gasteiger partial charge in [0, 0.05) is 24.9 Å². The van der Waals surface area contributed by atoms with E-state index in [1.807, 2.05) is 36.1 Å². The van der Waals surface area contributed by atoms with Gasteiger partial charge in [-0.1, -0.05) is 18.2 Å². The third kappa shape index (κ3) is 2.66. The number of carbonyl (C=O) groups excluding carboxylic acids is 1. The van der Waals surface area contributed by atoms with Gasteiger partial charge < -0.3 is 15.4 Å². The van der Waals surface area contributed by atoms with Gasteiger partial charge in [-0.3, -0.25) is 4.79 Å². The lowest BCUT2D eigenvalue weighted by Crippen LogP contribution is -2.39. The van der Waals surface area contributed by atoms with Gasteiger partial charge in [0.05, 0.1) is 12.0 Å². The lowest BCUT2D eigenvalue weighted by Gasteiger charge is -2.27. The smallest absolute Gasteiger partial charge is 0.228 e. The Hall–Kier alpha value is -1.55. The highest BCUT2D eigenvalue weighted by Crippen LogP contribution is 2.33. The van der Waals surface area contributed by atoms with Crippen molar-refractivity contribution >= 4 is 11.6 Å². The van der Waals surface area contributed by atoms with Crippen molar-refractivity contribution in [3.8, 4) is 0 Å². The Morgan fingerprint density at radius 1 is 1.35 bits per heavy atom. The minimum atomic E-state index is 0.0144. The third-order valence-electron chi connectivity index (χ3n) is 4.36. The molecule has 20 heavy (non-hydrogen) atoms. The summed E-state index contributed by atoms with van der Waals surface area (Å²) >= 11 is 0. The average molecular weight is 274 g/mol. The van der Waals surface area contributed by atoms with Crippen LogP contribution < -0.4 is 5.73 Å². The van der Waals surface area contributed by atoms with Gasteiger partial charge in [-0.15, -0.1) is 0 Å². The number of para-hydroxylation sites is 1. The van der Waals surface area contributed by atoms with Gasteiger partial charge >= 0.3 is 0 Å². The highest BCUT2D eigenvalue weighted by atomic mass is 16.5. The number of nitrogens with two attached hydrogens (primary N) is 1. The molecule has 2 aliphatic rings. The van der Waals surface area contributed by atoms with Gasteiger partial charge in [0.1, 0.15) is 0 Å². The molecule has 1 aromatic rings. The number of amides is 1. The molecule has 0 aromatic heterocycles. The quantitative estimate of drug-likeness (QED) is 0.856. The van der Waals surface area contributed by atoms with E-state index in [1.165, 1.54) is 0 Å². The zero-order valence-corrected chi connectivity index (χ0v) is 11.9. The zero-order chi connectivity index (χ0) is 14.1. The number of carbonyl (C=O) groups is 1. The first-order valence-electron chi connectivity index (χ1n) is 7.42. The van der Waals surface area contributed by atoms with Crippen LogP contribution in [0.15, 0.2) is 24.3 Å². The molecule has 2 atom stereocenters. The van der Waals surface area contributed by atoms with E-state index in [2.05, 4.69) is 0 Å². The summed E-state index contributed by atoms with van der Waals surface area (Å²) < 4.78 is 5.54. The van der Waals surface area contributed by atoms with E-state index in [0.717, 1.165) is 30.5 Å². The minimum absolute atomic E-state index is 0.0144. The number of nitrogens with zero attached hydrogens (tertiary/aromatic N) is 1. The van der Waals surface area contributed by atoms with Gasteiger partial charge in [-0.05, 0) is 37.8 Å². The summed E-state index contributed by atoms with van der Waals surface area (Å²) in [4.78, 5) is 14.8. The molecule has 0 radical (unpaired) electrons. The summed E-state index contributed by atoms with van der Waals surface area (Å²) in [6.45, 7) is 3.32. The molecule has 1 heterocycles. The monoisotopic (exact) mass is 274 g/mol. The van der Waals surface area contributed by atoms with E-state index >= 15 is 0 Å². The topological polar surface area (TPSA) is 55.6 Å². The van der Waals surface area contributed by atoms with Crippen molar-refractivity contribution in [1.82, 2.24) is 4.90 Å². The molecule has 0 bridgehead atoms. The molecule has 1 saturated heterocycles. The molecule has 1 saturated carbocycles. The van der Waals surface area contributed by atoms with Gasteiger partial charge in [0.15, 0.2) is 0 Å². The van der Waals surface area contributed by atoms with Gasteiger partial charge in [-0.2, -0.15) is 0 Å². The Kier molecular flexibility index (Phi) is 3.66. The molecule has 1 aromatic carbocycles. The van der Waals surface area contributed by atoms with Crippen molar-refractivity contribution in [1.29, 1.82) is 0 Å². The fourth-order valence-electron chi connectivity index (χ4n) is 2.90. The summed E-state index contributed by atoms with van der Waals surface area (Å²) in [5.74, 6) is 0.251. The van der Waals surface area contributed by atoms with Crippen LogP contribution in [-0.4, -0.2) is 29.6 Å². The van der Waals surface area contributed by atoms with Gasteiger partial charge in [0.2, 0.25) is 5.91 Å². The maximum absolute atomic E-state index is 12.8. The molecule has 108 valence electrons. The number of anilines is 1. The summed E-state index contributed by atoms with van der Waals surface area (Å²) in [5, 5.41) is 0. The molecule has 2 unspecified atom stereocenters. The summed E-state index contributed by atoms with van der Waals surface area (Å²) in [5.41, 5.74) is 7.81. The van der Waals surface area contributed by atoms with Crippen LogP contribution in [0.3, 0.4) is 0 Å². The summed E-state index contributed by atoms with van der Waals surface area (Å²) in [6, 6.07) is 8.20. The van der Waals surface area contributed by atoms with E-state index in [0.29, 0.717) is 19.2 Å². The highest BCUT2D eigenvalue weighted by Gasteiger charge is 2.39. The Labute approximate surface area is 119 Å². The Balaban J connectivity index is 1.76. The minimum Gasteiger partial charge on any atom is -0.398 e. The molecule has 4 nitrogen and oxygen atoms in total. The van der Waals surface area contributed by atoms with E-state index in [1.54, 1.807) is 0 Å². The van der Waals surface area contributed by atoms with Crippen LogP contribution in [0.25, 0.3) is 0 Å². The first-order chi connectivity index (χ1) is 9.66. The molecule has 2 fully saturated rings. The number of hydrogen-bond donors (Lipinski definition) is 1. The number of hydrogen-bond acceptors (Lipinski definition) is 3. The fraction of sp³-hybridized carbons (Fsp3) is 0.562. The molecule has 0 spiro atoms. The second-order valence-corrected chi connectivity index (χ2v) is 5.87. The predicted molar refractivity (Wildman–Crippen MR) is 77.9 cm³/mol. The highest BCUT2D eigenvalue weighted by molar-refractivity contribution is 5.80. The lowest BCUT2D eigenvalue weighted by atomic mass is 10.0. The van der Waals surface area contributed by atoms with Crippen LogP contribution in [0.2, 0.25) is 0 Å². The van der Waals surface area contributed by atoms with Crippen molar-refractivity contribution in [2.45, 2.75) is 44.9 Å². The van der Waals surface area contributed by atoms with Crippen LogP contribution in [0, 0.1) is 5.92 Å².